The van der Waals surface area contributed by atoms with Crippen LogP contribution in [0.3, 0.4) is 0 Å². The maximum absolute atomic E-state index is 12.3. The Balaban J connectivity index is 1.43. The van der Waals surface area contributed by atoms with Crippen LogP contribution in [0.25, 0.3) is 0 Å². The van der Waals surface area contributed by atoms with E-state index < -0.39 is 0 Å². The number of rotatable bonds is 7. The predicted molar refractivity (Wildman–Crippen MR) is 103 cm³/mol. The highest BCUT2D eigenvalue weighted by Gasteiger charge is 2.33. The molecule has 0 aliphatic carbocycles. The van der Waals surface area contributed by atoms with Crippen molar-refractivity contribution >= 4 is 23.4 Å². The van der Waals surface area contributed by atoms with Gasteiger partial charge in [0.2, 0.25) is 11.8 Å². The van der Waals surface area contributed by atoms with Crippen molar-refractivity contribution in [1.29, 1.82) is 0 Å². The second-order valence-corrected chi connectivity index (χ2v) is 7.08. The number of amides is 2. The highest BCUT2D eigenvalue weighted by atomic mass is 35.5. The molecule has 2 aromatic rings. The molecule has 0 spiro atoms. The summed E-state index contributed by atoms with van der Waals surface area (Å²) in [4.78, 5) is 26.3. The highest BCUT2D eigenvalue weighted by molar-refractivity contribution is 6.30. The van der Waals surface area contributed by atoms with Gasteiger partial charge in [-0.2, -0.15) is 0 Å². The van der Waals surface area contributed by atoms with Gasteiger partial charge in [0, 0.05) is 31.1 Å². The van der Waals surface area contributed by atoms with Crippen molar-refractivity contribution in [1.82, 2.24) is 10.2 Å². The third-order valence-corrected chi connectivity index (χ3v) is 4.98. The molecule has 1 atom stereocenters. The molecule has 26 heavy (non-hydrogen) atoms. The summed E-state index contributed by atoms with van der Waals surface area (Å²) in [6.45, 7) is 1.73. The van der Waals surface area contributed by atoms with Gasteiger partial charge in [0.1, 0.15) is 0 Å². The summed E-state index contributed by atoms with van der Waals surface area (Å²) in [5.41, 5.74) is 2.33. The van der Waals surface area contributed by atoms with Crippen LogP contribution in [0.4, 0.5) is 0 Å². The number of likely N-dealkylation sites (tertiary alicyclic amines) is 1. The second-order valence-electron chi connectivity index (χ2n) is 6.64. The van der Waals surface area contributed by atoms with Gasteiger partial charge in [-0.1, -0.05) is 54.1 Å². The van der Waals surface area contributed by atoms with E-state index in [-0.39, 0.29) is 17.7 Å². The lowest BCUT2D eigenvalue weighted by molar-refractivity contribution is -0.129. The van der Waals surface area contributed by atoms with Gasteiger partial charge < -0.3 is 10.2 Å². The second kappa shape index (κ2) is 8.86. The summed E-state index contributed by atoms with van der Waals surface area (Å²) in [5, 5.41) is 3.67. The number of nitrogens with one attached hydrogen (secondary N) is 1. The third-order valence-electron chi connectivity index (χ3n) is 4.72. The molecule has 1 fully saturated rings. The van der Waals surface area contributed by atoms with Crippen molar-refractivity contribution in [3.63, 3.8) is 0 Å². The fourth-order valence-corrected chi connectivity index (χ4v) is 3.32. The fourth-order valence-electron chi connectivity index (χ4n) is 3.20. The quantitative estimate of drug-likeness (QED) is 0.814. The Kier molecular flexibility index (Phi) is 6.29. The first kappa shape index (κ1) is 18.5. The van der Waals surface area contributed by atoms with Crippen LogP contribution < -0.4 is 5.32 Å². The summed E-state index contributed by atoms with van der Waals surface area (Å²) in [6, 6.07) is 17.7. The molecule has 0 saturated carbocycles. The van der Waals surface area contributed by atoms with Crippen molar-refractivity contribution < 1.29 is 9.59 Å². The minimum absolute atomic E-state index is 0.0247. The molecule has 2 amide bonds. The molecule has 2 aromatic carbocycles. The van der Waals surface area contributed by atoms with E-state index in [4.69, 9.17) is 11.6 Å². The average molecular weight is 371 g/mol. The largest absolute Gasteiger partial charge is 0.355 e. The molecule has 1 aliphatic heterocycles. The van der Waals surface area contributed by atoms with Crippen molar-refractivity contribution in [3.8, 4) is 0 Å². The van der Waals surface area contributed by atoms with Gasteiger partial charge in [-0.3, -0.25) is 9.59 Å². The van der Waals surface area contributed by atoms with E-state index in [1.54, 1.807) is 4.90 Å². The summed E-state index contributed by atoms with van der Waals surface area (Å²) >= 11 is 5.89. The molecule has 0 bridgehead atoms. The highest BCUT2D eigenvalue weighted by Crippen LogP contribution is 2.19. The molecule has 1 heterocycles. The molecule has 5 heteroatoms. The summed E-state index contributed by atoms with van der Waals surface area (Å²) in [5.74, 6) is -0.214. The molecule has 136 valence electrons. The molecule has 1 unspecified atom stereocenters. The summed E-state index contributed by atoms with van der Waals surface area (Å²) in [7, 11) is 0. The zero-order valence-corrected chi connectivity index (χ0v) is 15.4. The molecule has 4 nitrogen and oxygen atoms in total. The molecular weight excluding hydrogens is 348 g/mol. The van der Waals surface area contributed by atoms with Crippen LogP contribution in [0.15, 0.2) is 54.6 Å². The Hall–Kier alpha value is -2.33. The van der Waals surface area contributed by atoms with Crippen LogP contribution in [0.1, 0.15) is 17.5 Å². The van der Waals surface area contributed by atoms with E-state index in [0.717, 1.165) is 18.4 Å². The van der Waals surface area contributed by atoms with Crippen molar-refractivity contribution in [2.45, 2.75) is 19.3 Å². The van der Waals surface area contributed by atoms with Gasteiger partial charge in [0.15, 0.2) is 0 Å². The smallest absolute Gasteiger partial charge is 0.225 e. The zero-order valence-electron chi connectivity index (χ0n) is 14.7. The van der Waals surface area contributed by atoms with E-state index in [2.05, 4.69) is 5.32 Å². The lowest BCUT2D eigenvalue weighted by atomic mass is 10.1. The molecule has 0 radical (unpaired) electrons. The first-order valence-corrected chi connectivity index (χ1v) is 9.33. The number of benzene rings is 2. The van der Waals surface area contributed by atoms with Crippen LogP contribution in [-0.2, 0) is 22.4 Å². The topological polar surface area (TPSA) is 49.4 Å². The molecule has 1 aliphatic rings. The van der Waals surface area contributed by atoms with Gasteiger partial charge in [-0.25, -0.2) is 0 Å². The van der Waals surface area contributed by atoms with Crippen molar-refractivity contribution in [3.05, 3.63) is 70.7 Å². The van der Waals surface area contributed by atoms with E-state index in [9.17, 15) is 9.59 Å². The summed E-state index contributed by atoms with van der Waals surface area (Å²) in [6.07, 6.45) is 1.87. The van der Waals surface area contributed by atoms with Crippen LogP contribution in [0.2, 0.25) is 5.02 Å². The maximum atomic E-state index is 12.3. The molecular formula is C21H23ClN2O2. The number of hydrogen-bond donors (Lipinski definition) is 1. The minimum Gasteiger partial charge on any atom is -0.355 e. The Bertz CT molecular complexity index is 746. The number of carbonyl (C=O) groups excluding carboxylic acids is 2. The number of hydrogen-bond acceptors (Lipinski definition) is 2. The van der Waals surface area contributed by atoms with Gasteiger partial charge in [-0.15, -0.1) is 0 Å². The van der Waals surface area contributed by atoms with E-state index >= 15 is 0 Å². The average Bonchev–Trinajstić information content (AvgIpc) is 3.03. The monoisotopic (exact) mass is 370 g/mol. The lowest BCUT2D eigenvalue weighted by Crippen LogP contribution is -2.34. The zero-order chi connectivity index (χ0) is 18.4. The van der Waals surface area contributed by atoms with Crippen LogP contribution in [0.5, 0.6) is 0 Å². The third kappa shape index (κ3) is 5.09. The summed E-state index contributed by atoms with van der Waals surface area (Å²) < 4.78 is 0. The molecule has 0 aromatic heterocycles. The number of halogens is 1. The Labute approximate surface area is 159 Å². The van der Waals surface area contributed by atoms with Crippen molar-refractivity contribution in [2.75, 3.05) is 19.6 Å². The van der Waals surface area contributed by atoms with Gasteiger partial charge in [0.25, 0.3) is 0 Å². The first-order valence-electron chi connectivity index (χ1n) is 8.95. The molecule has 3 rings (SSSR count). The first-order chi connectivity index (χ1) is 12.6. The Morgan fingerprint density at radius 2 is 1.73 bits per heavy atom. The number of carbonyl (C=O) groups is 2. The van der Waals surface area contributed by atoms with Crippen LogP contribution >= 0.6 is 11.6 Å². The number of nitrogens with zero attached hydrogens (tertiary/aromatic N) is 1. The van der Waals surface area contributed by atoms with Crippen molar-refractivity contribution in [2.24, 2.45) is 5.92 Å². The lowest BCUT2D eigenvalue weighted by Gasteiger charge is -2.16. The van der Waals surface area contributed by atoms with E-state index in [1.807, 2.05) is 54.6 Å². The minimum atomic E-state index is -0.247. The van der Waals surface area contributed by atoms with Crippen LogP contribution in [0, 0.1) is 5.92 Å². The Morgan fingerprint density at radius 1 is 1.04 bits per heavy atom. The maximum Gasteiger partial charge on any atom is 0.225 e. The fraction of sp³-hybridized carbons (Fsp3) is 0.333. The molecule has 1 saturated heterocycles. The van der Waals surface area contributed by atoms with Crippen LogP contribution in [-0.4, -0.2) is 36.3 Å². The predicted octanol–water partition coefficient (Wildman–Crippen LogP) is 3.09. The van der Waals surface area contributed by atoms with E-state index in [0.29, 0.717) is 31.1 Å². The SMILES string of the molecule is O=C(NCCc1ccccc1)C1CC(=O)N(CCc2ccc(Cl)cc2)C1. The van der Waals surface area contributed by atoms with E-state index in [1.165, 1.54) is 5.56 Å². The van der Waals surface area contributed by atoms with Gasteiger partial charge >= 0.3 is 0 Å². The van der Waals surface area contributed by atoms with Gasteiger partial charge in [-0.05, 0) is 36.1 Å². The normalized spacial score (nSPS) is 16.7. The standard InChI is InChI=1S/C21H23ClN2O2/c22-19-8-6-17(7-9-19)11-13-24-15-18(14-20(24)25)21(26)23-12-10-16-4-2-1-3-5-16/h1-9,18H,10-15H2,(H,23,26). The Morgan fingerprint density at radius 3 is 2.46 bits per heavy atom. The molecule has 1 N–H and O–H groups in total. The van der Waals surface area contributed by atoms with Gasteiger partial charge in [0.05, 0.1) is 5.92 Å².